The van der Waals surface area contributed by atoms with Crippen LogP contribution in [0.1, 0.15) is 64.7 Å². The third kappa shape index (κ3) is 2.99. The average molecular weight is 285 g/mol. The van der Waals surface area contributed by atoms with Gasteiger partial charge in [-0.1, -0.05) is 12.8 Å². The van der Waals surface area contributed by atoms with E-state index < -0.39 is 9.84 Å². The van der Waals surface area contributed by atoms with Gasteiger partial charge in [-0.05, 0) is 57.3 Å². The zero-order valence-corrected chi connectivity index (χ0v) is 12.9. The van der Waals surface area contributed by atoms with Gasteiger partial charge in [-0.15, -0.1) is 0 Å². The Balaban J connectivity index is 1.55. The van der Waals surface area contributed by atoms with Crippen molar-refractivity contribution in [3.8, 4) is 0 Å². The third-order valence-electron chi connectivity index (χ3n) is 5.77. The molecule has 1 saturated heterocycles. The van der Waals surface area contributed by atoms with Gasteiger partial charge < -0.3 is 5.32 Å². The summed E-state index contributed by atoms with van der Waals surface area (Å²) in [6.07, 6.45) is 11.7. The molecule has 1 aliphatic heterocycles. The van der Waals surface area contributed by atoms with Gasteiger partial charge in [-0.3, -0.25) is 0 Å². The summed E-state index contributed by atoms with van der Waals surface area (Å²) in [6, 6.07) is 0.546. The lowest BCUT2D eigenvalue weighted by Gasteiger charge is -2.40. The second-order valence-corrected chi connectivity index (χ2v) is 9.71. The molecule has 0 aromatic rings. The molecule has 3 fully saturated rings. The molecule has 2 saturated carbocycles. The molecule has 0 amide bonds. The lowest BCUT2D eigenvalue weighted by molar-refractivity contribution is 0.153. The average Bonchev–Trinajstić information content (AvgIpc) is 2.89. The van der Waals surface area contributed by atoms with Crippen molar-refractivity contribution < 1.29 is 8.42 Å². The van der Waals surface area contributed by atoms with Crippen molar-refractivity contribution in [1.29, 1.82) is 0 Å². The lowest BCUT2D eigenvalue weighted by Crippen LogP contribution is -2.50. The highest BCUT2D eigenvalue weighted by molar-refractivity contribution is 7.91. The van der Waals surface area contributed by atoms with Gasteiger partial charge in [0.1, 0.15) is 0 Å². The monoisotopic (exact) mass is 285 g/mol. The van der Waals surface area contributed by atoms with Crippen molar-refractivity contribution >= 4 is 9.84 Å². The van der Waals surface area contributed by atoms with Gasteiger partial charge in [0, 0.05) is 11.6 Å². The fraction of sp³-hybridized carbons (Fsp3) is 1.00. The Labute approximate surface area is 117 Å². The molecule has 19 heavy (non-hydrogen) atoms. The first-order chi connectivity index (χ1) is 8.91. The summed E-state index contributed by atoms with van der Waals surface area (Å²) in [6.45, 7) is 2.09. The minimum atomic E-state index is -2.79. The minimum Gasteiger partial charge on any atom is -0.308 e. The molecule has 1 atom stereocenters. The number of rotatable bonds is 2. The van der Waals surface area contributed by atoms with E-state index in [2.05, 4.69) is 12.2 Å². The maximum absolute atomic E-state index is 11.7. The van der Waals surface area contributed by atoms with Crippen LogP contribution in [-0.4, -0.2) is 31.5 Å². The van der Waals surface area contributed by atoms with E-state index in [0.29, 0.717) is 23.0 Å². The predicted molar refractivity (Wildman–Crippen MR) is 78.0 cm³/mol. The van der Waals surface area contributed by atoms with Crippen LogP contribution in [-0.2, 0) is 9.84 Å². The van der Waals surface area contributed by atoms with Crippen molar-refractivity contribution in [2.75, 3.05) is 11.5 Å². The maximum atomic E-state index is 11.7. The van der Waals surface area contributed by atoms with Crippen LogP contribution >= 0.6 is 0 Å². The van der Waals surface area contributed by atoms with Crippen molar-refractivity contribution in [3.05, 3.63) is 0 Å². The van der Waals surface area contributed by atoms with E-state index in [1.165, 1.54) is 51.4 Å². The van der Waals surface area contributed by atoms with Crippen LogP contribution in [0, 0.1) is 5.41 Å². The fourth-order valence-electron chi connectivity index (χ4n) is 4.62. The summed E-state index contributed by atoms with van der Waals surface area (Å²) in [5, 5.41) is 3.68. The molecule has 4 heteroatoms. The fourth-order valence-corrected chi connectivity index (χ4v) is 6.72. The van der Waals surface area contributed by atoms with Crippen molar-refractivity contribution in [1.82, 2.24) is 5.32 Å². The Morgan fingerprint density at radius 3 is 2.16 bits per heavy atom. The van der Waals surface area contributed by atoms with Crippen LogP contribution in [0.5, 0.6) is 0 Å². The quantitative estimate of drug-likeness (QED) is 0.848. The third-order valence-corrected chi connectivity index (χ3v) is 7.67. The molecule has 1 unspecified atom stereocenters. The molecular formula is C15H27NO2S. The standard InChI is InChI=1S/C15H27NO2S/c1-14(10-11-19(17,18)12-14)16-13-4-8-15(9-5-13)6-2-3-7-15/h13,16H,2-12H2,1H3. The summed E-state index contributed by atoms with van der Waals surface area (Å²) in [5.41, 5.74) is 0.504. The summed E-state index contributed by atoms with van der Waals surface area (Å²) in [4.78, 5) is 0. The highest BCUT2D eigenvalue weighted by Gasteiger charge is 2.42. The van der Waals surface area contributed by atoms with E-state index in [1.807, 2.05) is 0 Å². The minimum absolute atomic E-state index is 0.163. The second-order valence-electron chi connectivity index (χ2n) is 7.53. The summed E-state index contributed by atoms with van der Waals surface area (Å²) >= 11 is 0. The van der Waals surface area contributed by atoms with Gasteiger partial charge in [-0.2, -0.15) is 0 Å². The summed E-state index contributed by atoms with van der Waals surface area (Å²) < 4.78 is 23.3. The molecule has 1 spiro atoms. The van der Waals surface area contributed by atoms with Crippen LogP contribution < -0.4 is 5.32 Å². The van der Waals surface area contributed by atoms with E-state index in [-0.39, 0.29) is 5.54 Å². The van der Waals surface area contributed by atoms with E-state index in [4.69, 9.17) is 0 Å². The Morgan fingerprint density at radius 1 is 1.00 bits per heavy atom. The summed E-state index contributed by atoms with van der Waals surface area (Å²) in [7, 11) is -2.79. The van der Waals surface area contributed by atoms with Gasteiger partial charge in [0.05, 0.1) is 11.5 Å². The SMILES string of the molecule is CC1(NC2CCC3(CCCC3)CC2)CCS(=O)(=O)C1. The molecule has 1 N–H and O–H groups in total. The number of nitrogens with one attached hydrogen (secondary N) is 1. The first-order valence-electron chi connectivity index (χ1n) is 7.89. The zero-order valence-electron chi connectivity index (χ0n) is 12.1. The van der Waals surface area contributed by atoms with Crippen LogP contribution in [0.3, 0.4) is 0 Å². The van der Waals surface area contributed by atoms with Gasteiger partial charge in [-0.25, -0.2) is 8.42 Å². The molecule has 0 radical (unpaired) electrons. The van der Waals surface area contributed by atoms with Crippen molar-refractivity contribution in [3.63, 3.8) is 0 Å². The molecule has 0 bridgehead atoms. The molecule has 0 aromatic carbocycles. The molecule has 3 nitrogen and oxygen atoms in total. The largest absolute Gasteiger partial charge is 0.308 e. The van der Waals surface area contributed by atoms with E-state index in [0.717, 1.165) is 6.42 Å². The first-order valence-corrected chi connectivity index (χ1v) is 9.71. The predicted octanol–water partition coefficient (Wildman–Crippen LogP) is 2.66. The van der Waals surface area contributed by atoms with E-state index in [1.54, 1.807) is 0 Å². The molecule has 3 aliphatic rings. The van der Waals surface area contributed by atoms with Crippen LogP contribution in [0.25, 0.3) is 0 Å². The van der Waals surface area contributed by atoms with E-state index >= 15 is 0 Å². The molecule has 1 heterocycles. The maximum Gasteiger partial charge on any atom is 0.152 e. The van der Waals surface area contributed by atoms with Gasteiger partial charge in [0.15, 0.2) is 9.84 Å². The Morgan fingerprint density at radius 2 is 1.63 bits per heavy atom. The Hall–Kier alpha value is -0.0900. The van der Waals surface area contributed by atoms with Gasteiger partial charge >= 0.3 is 0 Å². The van der Waals surface area contributed by atoms with Crippen molar-refractivity contribution in [2.45, 2.75) is 76.3 Å². The normalized spacial score (nSPS) is 37.9. The number of sulfone groups is 1. The Kier molecular flexibility index (Phi) is 3.45. The molecule has 3 rings (SSSR count). The smallest absolute Gasteiger partial charge is 0.152 e. The van der Waals surface area contributed by atoms with Crippen LogP contribution in [0.2, 0.25) is 0 Å². The van der Waals surface area contributed by atoms with Crippen molar-refractivity contribution in [2.24, 2.45) is 5.41 Å². The molecular weight excluding hydrogens is 258 g/mol. The van der Waals surface area contributed by atoms with Crippen LogP contribution in [0.15, 0.2) is 0 Å². The Bertz CT molecular complexity index is 429. The van der Waals surface area contributed by atoms with E-state index in [9.17, 15) is 8.42 Å². The molecule has 110 valence electrons. The molecule has 0 aromatic heterocycles. The number of hydrogen-bond acceptors (Lipinski definition) is 3. The lowest BCUT2D eigenvalue weighted by atomic mass is 9.71. The number of hydrogen-bond donors (Lipinski definition) is 1. The van der Waals surface area contributed by atoms with Gasteiger partial charge in [0.25, 0.3) is 0 Å². The van der Waals surface area contributed by atoms with Gasteiger partial charge in [0.2, 0.25) is 0 Å². The zero-order chi connectivity index (χ0) is 13.6. The molecule has 2 aliphatic carbocycles. The highest BCUT2D eigenvalue weighted by atomic mass is 32.2. The highest BCUT2D eigenvalue weighted by Crippen LogP contribution is 2.49. The second kappa shape index (κ2) is 4.73. The van der Waals surface area contributed by atoms with Crippen LogP contribution in [0.4, 0.5) is 0 Å². The first kappa shape index (κ1) is 13.9. The summed E-state index contributed by atoms with van der Waals surface area (Å²) in [5.74, 6) is 0.703. The topological polar surface area (TPSA) is 46.2 Å².